The van der Waals surface area contributed by atoms with Crippen LogP contribution in [-0.2, 0) is 6.54 Å². The minimum absolute atomic E-state index is 0.0967. The molecular formula is C15H22ClN3O. The predicted octanol–water partition coefficient (Wildman–Crippen LogP) is 2.23. The number of likely N-dealkylation sites (tertiary alicyclic amines) is 1. The lowest BCUT2D eigenvalue weighted by Crippen LogP contribution is -2.48. The van der Waals surface area contributed by atoms with Gasteiger partial charge in [0.1, 0.15) is 5.69 Å². The van der Waals surface area contributed by atoms with E-state index < -0.39 is 0 Å². The number of hydrogen-bond acceptors (Lipinski definition) is 2. The minimum atomic E-state index is -0.0967. The van der Waals surface area contributed by atoms with Crippen LogP contribution in [0.2, 0.25) is 5.02 Å². The molecule has 3 rings (SSSR count). The Morgan fingerprint density at radius 1 is 1.50 bits per heavy atom. The molecule has 2 unspecified atom stereocenters. The summed E-state index contributed by atoms with van der Waals surface area (Å²) >= 11 is 6.06. The van der Waals surface area contributed by atoms with Crippen molar-refractivity contribution in [3.05, 3.63) is 23.0 Å². The molecule has 20 heavy (non-hydrogen) atoms. The summed E-state index contributed by atoms with van der Waals surface area (Å²) < 4.78 is 1.94. The second-order valence-corrected chi connectivity index (χ2v) is 6.86. The first-order chi connectivity index (χ1) is 9.45. The van der Waals surface area contributed by atoms with Gasteiger partial charge >= 0.3 is 0 Å². The molecule has 1 N–H and O–H groups in total. The van der Waals surface area contributed by atoms with Gasteiger partial charge in [0.15, 0.2) is 0 Å². The number of hydrogen-bond donors (Lipinski definition) is 1. The lowest BCUT2D eigenvalue weighted by molar-refractivity contribution is 0.0592. The Morgan fingerprint density at radius 2 is 2.25 bits per heavy atom. The van der Waals surface area contributed by atoms with Gasteiger partial charge in [-0.2, -0.15) is 0 Å². The van der Waals surface area contributed by atoms with Gasteiger partial charge in [0, 0.05) is 37.9 Å². The number of carbonyl (C=O) groups is 1. The van der Waals surface area contributed by atoms with E-state index in [-0.39, 0.29) is 11.4 Å². The molecule has 2 saturated heterocycles. The van der Waals surface area contributed by atoms with Crippen molar-refractivity contribution in [2.24, 2.45) is 11.8 Å². The molecule has 4 nitrogen and oxygen atoms in total. The second-order valence-electron chi connectivity index (χ2n) is 6.42. The van der Waals surface area contributed by atoms with Gasteiger partial charge in [-0.15, -0.1) is 0 Å². The Bertz CT molecular complexity index is 537. The highest BCUT2D eigenvalue weighted by Crippen LogP contribution is 2.41. The summed E-state index contributed by atoms with van der Waals surface area (Å²) in [4.78, 5) is 15.0. The number of nitrogens with one attached hydrogen (secondary N) is 1. The zero-order valence-corrected chi connectivity index (χ0v) is 13.1. The van der Waals surface area contributed by atoms with Gasteiger partial charge < -0.3 is 14.8 Å². The van der Waals surface area contributed by atoms with E-state index in [0.29, 0.717) is 22.6 Å². The Labute approximate surface area is 125 Å². The van der Waals surface area contributed by atoms with Crippen molar-refractivity contribution in [3.63, 3.8) is 0 Å². The maximum atomic E-state index is 12.9. The van der Waals surface area contributed by atoms with Gasteiger partial charge in [0.05, 0.1) is 5.02 Å². The van der Waals surface area contributed by atoms with Crippen LogP contribution < -0.4 is 5.32 Å². The molecule has 1 aromatic rings. The standard InChI is InChI=1S/C15H22ClN3O/c1-4-18-9-11(16)5-13(18)14(20)19-8-10-6-17-7-12(10)15(19,2)3/h5,9-10,12,17H,4,6-8H2,1-3H3. The number of aromatic nitrogens is 1. The molecule has 0 spiro atoms. The first kappa shape index (κ1) is 14.0. The molecule has 5 heteroatoms. The Hall–Kier alpha value is -1.00. The molecule has 0 aromatic carbocycles. The molecule has 2 aliphatic rings. The van der Waals surface area contributed by atoms with Crippen LogP contribution in [0.15, 0.2) is 12.3 Å². The largest absolute Gasteiger partial charge is 0.342 e. The smallest absolute Gasteiger partial charge is 0.270 e. The van der Waals surface area contributed by atoms with Gasteiger partial charge in [-0.3, -0.25) is 4.79 Å². The lowest BCUT2D eigenvalue weighted by Gasteiger charge is -2.35. The summed E-state index contributed by atoms with van der Waals surface area (Å²) in [6, 6.07) is 1.79. The summed E-state index contributed by atoms with van der Waals surface area (Å²) in [5, 5.41) is 4.07. The van der Waals surface area contributed by atoms with E-state index in [0.717, 1.165) is 26.2 Å². The van der Waals surface area contributed by atoms with Crippen molar-refractivity contribution in [1.29, 1.82) is 0 Å². The zero-order chi connectivity index (χ0) is 14.5. The van der Waals surface area contributed by atoms with Crippen molar-refractivity contribution in [3.8, 4) is 0 Å². The van der Waals surface area contributed by atoms with Gasteiger partial charge in [0.2, 0.25) is 0 Å². The van der Waals surface area contributed by atoms with Crippen LogP contribution in [0, 0.1) is 11.8 Å². The SMILES string of the molecule is CCn1cc(Cl)cc1C(=O)N1CC2CNCC2C1(C)C. The third-order valence-electron chi connectivity index (χ3n) is 5.03. The van der Waals surface area contributed by atoms with E-state index in [4.69, 9.17) is 11.6 Å². The molecule has 1 amide bonds. The molecule has 1 aromatic heterocycles. The number of halogens is 1. The lowest BCUT2D eigenvalue weighted by atomic mass is 9.85. The summed E-state index contributed by atoms with van der Waals surface area (Å²) in [5.74, 6) is 1.24. The van der Waals surface area contributed by atoms with E-state index >= 15 is 0 Å². The van der Waals surface area contributed by atoms with Gasteiger partial charge in [-0.05, 0) is 38.7 Å². The second kappa shape index (κ2) is 4.78. The van der Waals surface area contributed by atoms with E-state index in [1.54, 1.807) is 6.07 Å². The van der Waals surface area contributed by atoms with Crippen LogP contribution in [0.4, 0.5) is 0 Å². The fourth-order valence-corrected chi connectivity index (χ4v) is 4.04. The number of aryl methyl sites for hydroxylation is 1. The normalized spacial score (nSPS) is 27.9. The first-order valence-electron chi connectivity index (χ1n) is 7.33. The Kier molecular flexibility index (Phi) is 3.33. The maximum Gasteiger partial charge on any atom is 0.270 e. The Morgan fingerprint density at radius 3 is 2.90 bits per heavy atom. The molecule has 0 bridgehead atoms. The number of carbonyl (C=O) groups excluding carboxylic acids is 1. The number of amides is 1. The van der Waals surface area contributed by atoms with Crippen molar-refractivity contribution in [1.82, 2.24) is 14.8 Å². The fourth-order valence-electron chi connectivity index (χ4n) is 3.82. The summed E-state index contributed by atoms with van der Waals surface area (Å²) in [6.07, 6.45) is 1.83. The van der Waals surface area contributed by atoms with E-state index in [1.165, 1.54) is 0 Å². The van der Waals surface area contributed by atoms with E-state index in [9.17, 15) is 4.79 Å². The third-order valence-corrected chi connectivity index (χ3v) is 5.23. The number of rotatable bonds is 2. The maximum absolute atomic E-state index is 12.9. The molecule has 0 aliphatic carbocycles. The molecule has 2 aliphatic heterocycles. The van der Waals surface area contributed by atoms with Crippen molar-refractivity contribution >= 4 is 17.5 Å². The van der Waals surface area contributed by atoms with Crippen LogP contribution in [0.3, 0.4) is 0 Å². The van der Waals surface area contributed by atoms with Crippen LogP contribution >= 0.6 is 11.6 Å². The summed E-state index contributed by atoms with van der Waals surface area (Å²) in [7, 11) is 0. The molecule has 0 radical (unpaired) electrons. The molecule has 2 atom stereocenters. The summed E-state index contributed by atoms with van der Waals surface area (Å²) in [5.41, 5.74) is 0.610. The number of nitrogens with zero attached hydrogens (tertiary/aromatic N) is 2. The van der Waals surface area contributed by atoms with Gasteiger partial charge in [-0.25, -0.2) is 0 Å². The molecule has 3 heterocycles. The van der Waals surface area contributed by atoms with Crippen LogP contribution in [-0.4, -0.2) is 40.5 Å². The van der Waals surface area contributed by atoms with E-state index in [2.05, 4.69) is 19.2 Å². The van der Waals surface area contributed by atoms with Crippen molar-refractivity contribution in [2.75, 3.05) is 19.6 Å². The molecule has 110 valence electrons. The minimum Gasteiger partial charge on any atom is -0.342 e. The first-order valence-corrected chi connectivity index (χ1v) is 7.71. The van der Waals surface area contributed by atoms with Crippen molar-refractivity contribution < 1.29 is 4.79 Å². The van der Waals surface area contributed by atoms with Crippen LogP contribution in [0.5, 0.6) is 0 Å². The average Bonchev–Trinajstić information content (AvgIpc) is 3.05. The van der Waals surface area contributed by atoms with E-state index in [1.807, 2.05) is 22.6 Å². The number of fused-ring (bicyclic) bond motifs is 1. The average molecular weight is 296 g/mol. The molecular weight excluding hydrogens is 274 g/mol. The third kappa shape index (κ3) is 1.97. The Balaban J connectivity index is 1.91. The molecule has 0 saturated carbocycles. The van der Waals surface area contributed by atoms with Crippen LogP contribution in [0.1, 0.15) is 31.3 Å². The topological polar surface area (TPSA) is 37.3 Å². The highest BCUT2D eigenvalue weighted by Gasteiger charge is 2.51. The fraction of sp³-hybridized carbons (Fsp3) is 0.667. The van der Waals surface area contributed by atoms with Crippen molar-refractivity contribution in [2.45, 2.75) is 32.9 Å². The molecule has 2 fully saturated rings. The highest BCUT2D eigenvalue weighted by atomic mass is 35.5. The highest BCUT2D eigenvalue weighted by molar-refractivity contribution is 6.31. The predicted molar refractivity (Wildman–Crippen MR) is 80.1 cm³/mol. The monoisotopic (exact) mass is 295 g/mol. The summed E-state index contributed by atoms with van der Waals surface area (Å²) in [6.45, 7) is 10.0. The van der Waals surface area contributed by atoms with Gasteiger partial charge in [-0.1, -0.05) is 11.6 Å². The quantitative estimate of drug-likeness (QED) is 0.908. The zero-order valence-electron chi connectivity index (χ0n) is 12.3. The van der Waals surface area contributed by atoms with Crippen LogP contribution in [0.25, 0.3) is 0 Å². The van der Waals surface area contributed by atoms with Gasteiger partial charge in [0.25, 0.3) is 5.91 Å².